The summed E-state index contributed by atoms with van der Waals surface area (Å²) < 4.78 is 0. The monoisotopic (exact) mass is 253 g/mol. The minimum atomic E-state index is -0.0892. The van der Waals surface area contributed by atoms with Crippen molar-refractivity contribution in [2.24, 2.45) is 9.98 Å². The summed E-state index contributed by atoms with van der Waals surface area (Å²) in [5, 5.41) is 7.85. The fourth-order valence-corrected chi connectivity index (χ4v) is 1.25. The van der Waals surface area contributed by atoms with Crippen LogP contribution in [0.2, 0.25) is 0 Å². The molecule has 0 radical (unpaired) electrons. The van der Waals surface area contributed by atoms with E-state index in [9.17, 15) is 0 Å². The zero-order valence-electron chi connectivity index (χ0n) is 10.2. The van der Waals surface area contributed by atoms with Crippen molar-refractivity contribution in [1.82, 2.24) is 19.9 Å². The molecule has 2 aromatic heterocycles. The minimum absolute atomic E-state index is 0.0892. The van der Waals surface area contributed by atoms with Crippen LogP contribution in [-0.4, -0.2) is 37.8 Å². The van der Waals surface area contributed by atoms with Crippen LogP contribution in [0.25, 0.3) is 0 Å². The molecule has 0 atom stereocenters. The summed E-state index contributed by atoms with van der Waals surface area (Å²) >= 11 is 0. The molecule has 19 heavy (non-hydrogen) atoms. The van der Waals surface area contributed by atoms with Crippen LogP contribution in [0.4, 0.5) is 0 Å². The molecule has 2 aromatic rings. The molecule has 7 nitrogen and oxygen atoms in total. The van der Waals surface area contributed by atoms with E-state index in [2.05, 4.69) is 29.9 Å². The summed E-state index contributed by atoms with van der Waals surface area (Å²) in [5.74, 6) is 0.734. The van der Waals surface area contributed by atoms with Crippen molar-refractivity contribution >= 4 is 17.9 Å². The first-order valence-corrected chi connectivity index (χ1v) is 5.52. The predicted octanol–water partition coefficient (Wildman–Crippen LogP) is 1.13. The molecule has 0 aliphatic rings. The van der Waals surface area contributed by atoms with E-state index in [0.717, 1.165) is 0 Å². The molecule has 0 amide bonds. The lowest BCUT2D eigenvalue weighted by Gasteiger charge is -1.99. The van der Waals surface area contributed by atoms with Gasteiger partial charge in [-0.1, -0.05) is 0 Å². The topological polar surface area (TPSA) is 100 Å². The Hall–Kier alpha value is -2.83. The first-order valence-electron chi connectivity index (χ1n) is 5.52. The molecular formula is C12H11N7. The maximum atomic E-state index is 7.85. The molecule has 0 saturated carbocycles. The van der Waals surface area contributed by atoms with E-state index in [1.54, 1.807) is 50.1 Å². The molecular weight excluding hydrogens is 242 g/mol. The Balaban J connectivity index is 2.35. The zero-order valence-corrected chi connectivity index (χ0v) is 10.2. The Labute approximate surface area is 109 Å². The smallest absolute Gasteiger partial charge is 0.199 e. The SMILES string of the molecule is CC=NC(=NC(=N)c1ncccn1)c1ncccn1. The maximum Gasteiger partial charge on any atom is 0.199 e. The van der Waals surface area contributed by atoms with Gasteiger partial charge in [0.25, 0.3) is 0 Å². The normalized spacial score (nSPS) is 11.7. The van der Waals surface area contributed by atoms with Gasteiger partial charge in [-0.15, -0.1) is 0 Å². The lowest BCUT2D eigenvalue weighted by molar-refractivity contribution is 1.10. The Kier molecular flexibility index (Phi) is 4.12. The van der Waals surface area contributed by atoms with Crippen molar-refractivity contribution in [3.05, 3.63) is 48.6 Å². The largest absolute Gasteiger partial charge is 0.280 e. The third-order valence-electron chi connectivity index (χ3n) is 2.01. The van der Waals surface area contributed by atoms with E-state index in [1.165, 1.54) is 0 Å². The molecule has 0 aliphatic heterocycles. The van der Waals surface area contributed by atoms with Crippen LogP contribution < -0.4 is 0 Å². The average Bonchev–Trinajstić information content (AvgIpc) is 2.48. The highest BCUT2D eigenvalue weighted by Crippen LogP contribution is 1.98. The van der Waals surface area contributed by atoms with Crippen LogP contribution in [0, 0.1) is 5.41 Å². The first-order chi connectivity index (χ1) is 9.31. The van der Waals surface area contributed by atoms with E-state index in [-0.39, 0.29) is 17.5 Å². The quantitative estimate of drug-likeness (QED) is 0.640. The lowest BCUT2D eigenvalue weighted by Crippen LogP contribution is -2.09. The third-order valence-corrected chi connectivity index (χ3v) is 2.01. The van der Waals surface area contributed by atoms with Gasteiger partial charge in [0.05, 0.1) is 0 Å². The average molecular weight is 253 g/mol. The highest BCUT2D eigenvalue weighted by atomic mass is 15.0. The van der Waals surface area contributed by atoms with Gasteiger partial charge in [0.1, 0.15) is 0 Å². The van der Waals surface area contributed by atoms with E-state index in [4.69, 9.17) is 5.41 Å². The molecule has 0 spiro atoms. The standard InChI is InChI=1S/C12H11N7/c1-2-14-12(11-17-7-4-8-18-11)19-9(13)10-15-5-3-6-16-10/h2-8,13H,1H3. The van der Waals surface area contributed by atoms with E-state index >= 15 is 0 Å². The number of nitrogens with zero attached hydrogens (tertiary/aromatic N) is 6. The van der Waals surface area contributed by atoms with Gasteiger partial charge in [-0.25, -0.2) is 29.9 Å². The number of hydrogen-bond donors (Lipinski definition) is 1. The molecule has 2 rings (SSSR count). The van der Waals surface area contributed by atoms with E-state index in [1.807, 2.05) is 0 Å². The lowest BCUT2D eigenvalue weighted by atomic mass is 10.4. The van der Waals surface area contributed by atoms with Crippen molar-refractivity contribution in [3.63, 3.8) is 0 Å². The van der Waals surface area contributed by atoms with Crippen LogP contribution in [0.15, 0.2) is 46.9 Å². The van der Waals surface area contributed by atoms with Crippen LogP contribution in [0.5, 0.6) is 0 Å². The molecule has 0 bridgehead atoms. The van der Waals surface area contributed by atoms with E-state index < -0.39 is 0 Å². The molecule has 0 aliphatic carbocycles. The summed E-state index contributed by atoms with van der Waals surface area (Å²) in [4.78, 5) is 24.1. The van der Waals surface area contributed by atoms with Crippen LogP contribution in [-0.2, 0) is 0 Å². The number of rotatable bonds is 2. The predicted molar refractivity (Wildman–Crippen MR) is 71.6 cm³/mol. The molecule has 2 heterocycles. The van der Waals surface area contributed by atoms with Crippen LogP contribution in [0.1, 0.15) is 18.6 Å². The number of amidine groups is 2. The number of aromatic nitrogens is 4. The molecule has 0 fully saturated rings. The van der Waals surface area contributed by atoms with Gasteiger partial charge in [-0.05, 0) is 19.1 Å². The Morgan fingerprint density at radius 3 is 2.05 bits per heavy atom. The van der Waals surface area contributed by atoms with Gasteiger partial charge in [0, 0.05) is 31.0 Å². The van der Waals surface area contributed by atoms with Crippen molar-refractivity contribution < 1.29 is 0 Å². The van der Waals surface area contributed by atoms with Crippen molar-refractivity contribution in [1.29, 1.82) is 5.41 Å². The van der Waals surface area contributed by atoms with Gasteiger partial charge >= 0.3 is 0 Å². The fourth-order valence-electron chi connectivity index (χ4n) is 1.25. The van der Waals surface area contributed by atoms with Gasteiger partial charge in [0.15, 0.2) is 23.3 Å². The fraction of sp³-hybridized carbons (Fsp3) is 0.0833. The van der Waals surface area contributed by atoms with Gasteiger partial charge in [0.2, 0.25) is 0 Å². The van der Waals surface area contributed by atoms with Gasteiger partial charge in [-0.3, -0.25) is 5.41 Å². The second-order valence-electron chi connectivity index (χ2n) is 3.32. The maximum absolute atomic E-state index is 7.85. The summed E-state index contributed by atoms with van der Waals surface area (Å²) in [6.45, 7) is 1.75. The molecule has 7 heteroatoms. The second-order valence-corrected chi connectivity index (χ2v) is 3.32. The summed E-state index contributed by atoms with van der Waals surface area (Å²) in [6, 6.07) is 3.37. The highest BCUT2D eigenvalue weighted by molar-refractivity contribution is 6.09. The van der Waals surface area contributed by atoms with Crippen molar-refractivity contribution in [2.75, 3.05) is 0 Å². The van der Waals surface area contributed by atoms with Crippen molar-refractivity contribution in [3.8, 4) is 0 Å². The Morgan fingerprint density at radius 1 is 1.00 bits per heavy atom. The Morgan fingerprint density at radius 2 is 1.53 bits per heavy atom. The minimum Gasteiger partial charge on any atom is -0.280 e. The second kappa shape index (κ2) is 6.20. The third kappa shape index (κ3) is 3.32. The van der Waals surface area contributed by atoms with Crippen molar-refractivity contribution in [2.45, 2.75) is 6.92 Å². The number of hydrogen-bond acceptors (Lipinski definition) is 5. The highest BCUT2D eigenvalue weighted by Gasteiger charge is 2.08. The summed E-state index contributed by atoms with van der Waals surface area (Å²) in [6.07, 6.45) is 7.84. The van der Waals surface area contributed by atoms with Crippen LogP contribution in [0.3, 0.4) is 0 Å². The van der Waals surface area contributed by atoms with Gasteiger partial charge in [-0.2, -0.15) is 0 Å². The van der Waals surface area contributed by atoms with E-state index in [0.29, 0.717) is 5.82 Å². The summed E-state index contributed by atoms with van der Waals surface area (Å²) in [5.41, 5.74) is 0. The molecule has 0 aromatic carbocycles. The number of nitrogens with one attached hydrogen (secondary N) is 1. The molecule has 94 valence electrons. The molecule has 1 N–H and O–H groups in total. The van der Waals surface area contributed by atoms with Crippen LogP contribution >= 0.6 is 0 Å². The zero-order chi connectivity index (χ0) is 13.5. The molecule has 0 unspecified atom stereocenters. The summed E-state index contributed by atoms with van der Waals surface area (Å²) in [7, 11) is 0. The van der Waals surface area contributed by atoms with Gasteiger partial charge < -0.3 is 0 Å². The number of aliphatic imine (C=N–C) groups is 2. The molecule has 0 saturated heterocycles. The Bertz CT molecular complexity index is 604. The first kappa shape index (κ1) is 12.6.